The lowest BCUT2D eigenvalue weighted by atomic mass is 10.1. The van der Waals surface area contributed by atoms with Crippen LogP contribution in [0.15, 0.2) is 41.0 Å². The van der Waals surface area contributed by atoms with E-state index in [0.29, 0.717) is 21.5 Å². The Bertz CT molecular complexity index is 701. The third-order valence-corrected chi connectivity index (χ3v) is 3.42. The van der Waals surface area contributed by atoms with Crippen molar-refractivity contribution in [2.45, 2.75) is 13.8 Å². The quantitative estimate of drug-likeness (QED) is 0.894. The van der Waals surface area contributed by atoms with Gasteiger partial charge < -0.3 is 10.6 Å². The van der Waals surface area contributed by atoms with Crippen LogP contribution in [0.25, 0.3) is 0 Å². The van der Waals surface area contributed by atoms with Gasteiger partial charge in [-0.25, -0.2) is 4.98 Å². The molecule has 0 aliphatic carbocycles. The molecule has 0 bridgehead atoms. The van der Waals surface area contributed by atoms with Gasteiger partial charge in [-0.3, -0.25) is 9.59 Å². The van der Waals surface area contributed by atoms with Gasteiger partial charge in [-0.05, 0) is 52.7 Å². The van der Waals surface area contributed by atoms with Gasteiger partial charge in [-0.2, -0.15) is 0 Å². The van der Waals surface area contributed by atoms with Crippen LogP contribution >= 0.6 is 15.9 Å². The monoisotopic (exact) mass is 347 g/mol. The van der Waals surface area contributed by atoms with Crippen molar-refractivity contribution >= 4 is 39.1 Å². The first kappa shape index (κ1) is 15.2. The largest absolute Gasteiger partial charge is 0.326 e. The Balaban J connectivity index is 2.24. The van der Waals surface area contributed by atoms with E-state index in [-0.39, 0.29) is 11.8 Å². The molecule has 1 aromatic heterocycles. The number of carbonyl (C=O) groups is 2. The number of anilines is 2. The minimum atomic E-state index is -0.314. The van der Waals surface area contributed by atoms with Crippen LogP contribution in [0.5, 0.6) is 0 Å². The molecule has 0 saturated carbocycles. The van der Waals surface area contributed by atoms with Gasteiger partial charge in [-0.15, -0.1) is 0 Å². The van der Waals surface area contributed by atoms with E-state index in [4.69, 9.17) is 0 Å². The standard InChI is InChI=1S/C15H14BrN3O2/c1-9-5-6-11(18-10(2)20)8-13(9)19-15(21)14-12(16)4-3-7-17-14/h3-8H,1-2H3,(H,18,20)(H,19,21). The van der Waals surface area contributed by atoms with E-state index in [1.807, 2.05) is 13.0 Å². The smallest absolute Gasteiger partial charge is 0.275 e. The molecule has 1 heterocycles. The number of amides is 2. The highest BCUT2D eigenvalue weighted by atomic mass is 79.9. The molecular weight excluding hydrogens is 334 g/mol. The molecule has 108 valence electrons. The zero-order valence-corrected chi connectivity index (χ0v) is 13.2. The van der Waals surface area contributed by atoms with Crippen molar-refractivity contribution in [1.82, 2.24) is 4.98 Å². The molecule has 0 unspecified atom stereocenters. The maximum Gasteiger partial charge on any atom is 0.275 e. The van der Waals surface area contributed by atoms with Crippen LogP contribution in [0.2, 0.25) is 0 Å². The molecule has 6 heteroatoms. The Morgan fingerprint density at radius 2 is 1.95 bits per heavy atom. The van der Waals surface area contributed by atoms with Crippen molar-refractivity contribution in [1.29, 1.82) is 0 Å². The van der Waals surface area contributed by atoms with E-state index in [0.717, 1.165) is 5.56 Å². The average molecular weight is 348 g/mol. The number of carbonyl (C=O) groups excluding carboxylic acids is 2. The number of nitrogens with one attached hydrogen (secondary N) is 2. The number of aryl methyl sites for hydroxylation is 1. The molecule has 1 aromatic carbocycles. The van der Waals surface area contributed by atoms with Gasteiger partial charge in [0.15, 0.2) is 0 Å². The van der Waals surface area contributed by atoms with Crippen molar-refractivity contribution in [2.24, 2.45) is 0 Å². The number of halogens is 1. The molecule has 0 saturated heterocycles. The summed E-state index contributed by atoms with van der Waals surface area (Å²) < 4.78 is 0.623. The summed E-state index contributed by atoms with van der Waals surface area (Å²) in [5, 5.41) is 5.48. The van der Waals surface area contributed by atoms with Gasteiger partial charge in [0.1, 0.15) is 5.69 Å². The maximum atomic E-state index is 12.2. The summed E-state index contributed by atoms with van der Waals surface area (Å²) in [5.41, 5.74) is 2.46. The zero-order chi connectivity index (χ0) is 15.4. The zero-order valence-electron chi connectivity index (χ0n) is 11.6. The molecule has 0 atom stereocenters. The third-order valence-electron chi connectivity index (χ3n) is 2.78. The Kier molecular flexibility index (Phi) is 4.70. The second kappa shape index (κ2) is 6.49. The van der Waals surface area contributed by atoms with Crippen LogP contribution in [0.3, 0.4) is 0 Å². The van der Waals surface area contributed by atoms with Crippen LogP contribution in [-0.4, -0.2) is 16.8 Å². The lowest BCUT2D eigenvalue weighted by molar-refractivity contribution is -0.114. The van der Waals surface area contributed by atoms with Gasteiger partial charge in [-0.1, -0.05) is 6.07 Å². The van der Waals surface area contributed by atoms with Gasteiger partial charge in [0.05, 0.1) is 0 Å². The number of hydrogen-bond acceptors (Lipinski definition) is 3. The molecule has 0 radical (unpaired) electrons. The van der Waals surface area contributed by atoms with Crippen LogP contribution in [0.4, 0.5) is 11.4 Å². The minimum Gasteiger partial charge on any atom is -0.326 e. The molecular formula is C15H14BrN3O2. The molecule has 0 aliphatic rings. The minimum absolute atomic E-state index is 0.163. The van der Waals surface area contributed by atoms with E-state index >= 15 is 0 Å². The number of nitrogens with zero attached hydrogens (tertiary/aromatic N) is 1. The highest BCUT2D eigenvalue weighted by Crippen LogP contribution is 2.22. The predicted molar refractivity (Wildman–Crippen MR) is 85.4 cm³/mol. The Hall–Kier alpha value is -2.21. The first-order valence-electron chi connectivity index (χ1n) is 6.27. The van der Waals surface area contributed by atoms with Crippen LogP contribution < -0.4 is 10.6 Å². The topological polar surface area (TPSA) is 71.1 Å². The molecule has 5 nitrogen and oxygen atoms in total. The van der Waals surface area contributed by atoms with E-state index in [9.17, 15) is 9.59 Å². The Labute approximate surface area is 130 Å². The fraction of sp³-hybridized carbons (Fsp3) is 0.133. The van der Waals surface area contributed by atoms with E-state index in [1.54, 1.807) is 30.5 Å². The van der Waals surface area contributed by atoms with Crippen molar-refractivity contribution in [3.8, 4) is 0 Å². The van der Waals surface area contributed by atoms with Crippen molar-refractivity contribution < 1.29 is 9.59 Å². The van der Waals surface area contributed by atoms with Gasteiger partial charge in [0, 0.05) is 29.0 Å². The Morgan fingerprint density at radius 1 is 1.19 bits per heavy atom. The average Bonchev–Trinajstić information content (AvgIpc) is 2.42. The van der Waals surface area contributed by atoms with Crippen molar-refractivity contribution in [3.05, 3.63) is 52.3 Å². The molecule has 2 rings (SSSR count). The van der Waals surface area contributed by atoms with Crippen molar-refractivity contribution in [3.63, 3.8) is 0 Å². The molecule has 2 N–H and O–H groups in total. The van der Waals surface area contributed by atoms with Gasteiger partial charge in [0.2, 0.25) is 5.91 Å². The lowest BCUT2D eigenvalue weighted by Gasteiger charge is -2.11. The highest BCUT2D eigenvalue weighted by molar-refractivity contribution is 9.10. The lowest BCUT2D eigenvalue weighted by Crippen LogP contribution is -2.15. The summed E-state index contributed by atoms with van der Waals surface area (Å²) in [7, 11) is 0. The summed E-state index contributed by atoms with van der Waals surface area (Å²) >= 11 is 3.30. The second-order valence-corrected chi connectivity index (χ2v) is 5.35. The fourth-order valence-electron chi connectivity index (χ4n) is 1.77. The highest BCUT2D eigenvalue weighted by Gasteiger charge is 2.12. The first-order valence-corrected chi connectivity index (χ1v) is 7.07. The van der Waals surface area contributed by atoms with E-state index in [1.165, 1.54) is 6.92 Å². The third kappa shape index (κ3) is 3.88. The number of aromatic nitrogens is 1. The summed E-state index contributed by atoms with van der Waals surface area (Å²) in [6.07, 6.45) is 1.56. The molecule has 0 spiro atoms. The summed E-state index contributed by atoms with van der Waals surface area (Å²) in [5.74, 6) is -0.478. The second-order valence-electron chi connectivity index (χ2n) is 4.50. The number of benzene rings is 1. The van der Waals surface area contributed by atoms with E-state index < -0.39 is 0 Å². The van der Waals surface area contributed by atoms with Gasteiger partial charge >= 0.3 is 0 Å². The summed E-state index contributed by atoms with van der Waals surface area (Å²) in [6.45, 7) is 3.31. The van der Waals surface area contributed by atoms with Crippen LogP contribution in [0.1, 0.15) is 23.0 Å². The molecule has 0 aliphatic heterocycles. The predicted octanol–water partition coefficient (Wildman–Crippen LogP) is 3.36. The maximum absolute atomic E-state index is 12.2. The van der Waals surface area contributed by atoms with Crippen molar-refractivity contribution in [2.75, 3.05) is 10.6 Å². The number of pyridine rings is 1. The Morgan fingerprint density at radius 3 is 2.62 bits per heavy atom. The normalized spacial score (nSPS) is 10.0. The number of hydrogen-bond donors (Lipinski definition) is 2. The van der Waals surface area contributed by atoms with E-state index in [2.05, 4.69) is 31.5 Å². The number of rotatable bonds is 3. The van der Waals surface area contributed by atoms with Crippen LogP contribution in [0, 0.1) is 6.92 Å². The first-order chi connectivity index (χ1) is 9.97. The van der Waals surface area contributed by atoms with Gasteiger partial charge in [0.25, 0.3) is 5.91 Å². The molecule has 2 aromatic rings. The molecule has 0 fully saturated rings. The molecule has 21 heavy (non-hydrogen) atoms. The van der Waals surface area contributed by atoms with Crippen LogP contribution in [-0.2, 0) is 4.79 Å². The molecule has 2 amide bonds. The summed E-state index contributed by atoms with van der Waals surface area (Å²) in [6, 6.07) is 8.81. The SMILES string of the molecule is CC(=O)Nc1ccc(C)c(NC(=O)c2ncccc2Br)c1. The summed E-state index contributed by atoms with van der Waals surface area (Å²) in [4.78, 5) is 27.4. The fourth-order valence-corrected chi connectivity index (χ4v) is 2.21.